The molecule has 0 saturated heterocycles. The Balaban J connectivity index is 4.15. The maximum atomic E-state index is 11.2. The average molecular weight is 209 g/mol. The summed E-state index contributed by atoms with van der Waals surface area (Å²) in [6.45, 7) is 3.65. The number of sulfone groups is 1. The molecule has 0 heterocycles. The molecule has 4 nitrogen and oxygen atoms in total. The fourth-order valence-corrected chi connectivity index (χ4v) is 1.88. The van der Waals surface area contributed by atoms with Crippen molar-refractivity contribution >= 4 is 9.84 Å². The Morgan fingerprint density at radius 3 is 2.31 bits per heavy atom. The molecule has 0 aromatic rings. The highest BCUT2D eigenvalue weighted by Gasteiger charge is 2.23. The van der Waals surface area contributed by atoms with E-state index >= 15 is 0 Å². The highest BCUT2D eigenvalue weighted by atomic mass is 32.2. The van der Waals surface area contributed by atoms with E-state index in [2.05, 4.69) is 0 Å². The molecular weight excluding hydrogens is 190 g/mol. The predicted molar refractivity (Wildman–Crippen MR) is 53.2 cm³/mol. The number of hydrogen-bond acceptors (Lipinski definition) is 4. The third kappa shape index (κ3) is 4.59. The largest absolute Gasteiger partial charge is 0.396 e. The minimum atomic E-state index is -2.94. The van der Waals surface area contributed by atoms with Gasteiger partial charge < -0.3 is 10.8 Å². The van der Waals surface area contributed by atoms with Crippen molar-refractivity contribution in [1.29, 1.82) is 0 Å². The van der Waals surface area contributed by atoms with Crippen LogP contribution in [0.2, 0.25) is 0 Å². The molecule has 0 rings (SSSR count). The fourth-order valence-electron chi connectivity index (χ4n) is 0.792. The van der Waals surface area contributed by atoms with E-state index in [1.165, 1.54) is 0 Å². The van der Waals surface area contributed by atoms with Gasteiger partial charge in [0.15, 0.2) is 0 Å². The van der Waals surface area contributed by atoms with Crippen LogP contribution >= 0.6 is 0 Å². The van der Waals surface area contributed by atoms with Crippen LogP contribution in [0.3, 0.4) is 0 Å². The number of aliphatic hydroxyl groups is 1. The monoisotopic (exact) mass is 209 g/mol. The van der Waals surface area contributed by atoms with Crippen LogP contribution in [0.15, 0.2) is 0 Å². The first-order valence-electron chi connectivity index (χ1n) is 4.40. The molecule has 1 unspecified atom stereocenters. The minimum Gasteiger partial charge on any atom is -0.396 e. The smallest absolute Gasteiger partial charge is 0.150 e. The SMILES string of the molecule is CCS(=O)(=O)CCC(C)(CN)CO. The number of rotatable bonds is 6. The van der Waals surface area contributed by atoms with Gasteiger partial charge in [0.1, 0.15) is 9.84 Å². The first kappa shape index (κ1) is 12.9. The average Bonchev–Trinajstić information content (AvgIpc) is 2.14. The summed E-state index contributed by atoms with van der Waals surface area (Å²) in [5.74, 6) is 0.261. The van der Waals surface area contributed by atoms with Crippen molar-refractivity contribution in [2.75, 3.05) is 24.7 Å². The van der Waals surface area contributed by atoms with Crippen LogP contribution in [0.4, 0.5) is 0 Å². The van der Waals surface area contributed by atoms with E-state index in [1.807, 2.05) is 0 Å². The predicted octanol–water partition coefficient (Wildman–Crippen LogP) is -0.231. The van der Waals surface area contributed by atoms with Crippen molar-refractivity contribution in [3.63, 3.8) is 0 Å². The summed E-state index contributed by atoms with van der Waals surface area (Å²) in [5.41, 5.74) is 4.98. The Morgan fingerprint density at radius 2 is 2.00 bits per heavy atom. The molecular formula is C8H19NO3S. The summed E-state index contributed by atoms with van der Waals surface area (Å²) in [6.07, 6.45) is 0.427. The molecule has 0 amide bonds. The molecule has 5 heteroatoms. The Bertz CT molecular complexity index is 232. The van der Waals surface area contributed by atoms with Gasteiger partial charge in [-0.3, -0.25) is 0 Å². The van der Waals surface area contributed by atoms with Crippen molar-refractivity contribution in [3.8, 4) is 0 Å². The molecule has 0 aliphatic carbocycles. The van der Waals surface area contributed by atoms with E-state index in [4.69, 9.17) is 10.8 Å². The molecule has 80 valence electrons. The summed E-state index contributed by atoms with van der Waals surface area (Å²) in [5, 5.41) is 8.98. The summed E-state index contributed by atoms with van der Waals surface area (Å²) in [7, 11) is -2.94. The second-order valence-electron chi connectivity index (χ2n) is 3.66. The van der Waals surface area contributed by atoms with Crippen LogP contribution < -0.4 is 5.73 Å². The van der Waals surface area contributed by atoms with Gasteiger partial charge in [-0.05, 0) is 13.0 Å². The molecule has 0 aromatic heterocycles. The molecule has 0 aliphatic rings. The van der Waals surface area contributed by atoms with E-state index in [0.29, 0.717) is 13.0 Å². The second-order valence-corrected chi connectivity index (χ2v) is 6.13. The summed E-state index contributed by atoms with van der Waals surface area (Å²) in [4.78, 5) is 0. The third-order valence-electron chi connectivity index (χ3n) is 2.33. The van der Waals surface area contributed by atoms with Gasteiger partial charge in [-0.25, -0.2) is 8.42 Å². The van der Waals surface area contributed by atoms with Gasteiger partial charge in [0, 0.05) is 17.8 Å². The van der Waals surface area contributed by atoms with E-state index in [0.717, 1.165) is 0 Å². The molecule has 0 fully saturated rings. The summed E-state index contributed by atoms with van der Waals surface area (Å²) < 4.78 is 22.3. The first-order chi connectivity index (χ1) is 5.89. The summed E-state index contributed by atoms with van der Waals surface area (Å²) >= 11 is 0. The lowest BCUT2D eigenvalue weighted by molar-refractivity contribution is 0.146. The quantitative estimate of drug-likeness (QED) is 0.633. The van der Waals surface area contributed by atoms with E-state index in [9.17, 15) is 8.42 Å². The molecule has 13 heavy (non-hydrogen) atoms. The van der Waals surface area contributed by atoms with Crippen LogP contribution in [0.25, 0.3) is 0 Å². The number of aliphatic hydroxyl groups excluding tert-OH is 1. The zero-order valence-electron chi connectivity index (χ0n) is 8.28. The maximum absolute atomic E-state index is 11.2. The molecule has 0 aliphatic heterocycles. The topological polar surface area (TPSA) is 80.4 Å². The van der Waals surface area contributed by atoms with E-state index in [-0.39, 0.29) is 18.1 Å². The molecule has 0 bridgehead atoms. The highest BCUT2D eigenvalue weighted by molar-refractivity contribution is 7.91. The zero-order valence-corrected chi connectivity index (χ0v) is 9.10. The van der Waals surface area contributed by atoms with Crippen molar-refractivity contribution < 1.29 is 13.5 Å². The lowest BCUT2D eigenvalue weighted by Gasteiger charge is -2.24. The molecule has 0 radical (unpaired) electrons. The van der Waals surface area contributed by atoms with Crippen LogP contribution in [0.5, 0.6) is 0 Å². The van der Waals surface area contributed by atoms with Crippen LogP contribution in [-0.4, -0.2) is 38.2 Å². The van der Waals surface area contributed by atoms with Gasteiger partial charge in [0.25, 0.3) is 0 Å². The van der Waals surface area contributed by atoms with Gasteiger partial charge in [-0.1, -0.05) is 13.8 Å². The Hall–Kier alpha value is -0.130. The number of nitrogens with two attached hydrogens (primary N) is 1. The fraction of sp³-hybridized carbons (Fsp3) is 1.00. The molecule has 1 atom stereocenters. The van der Waals surface area contributed by atoms with Gasteiger partial charge in [-0.2, -0.15) is 0 Å². The van der Waals surface area contributed by atoms with Gasteiger partial charge in [0.2, 0.25) is 0 Å². The lowest BCUT2D eigenvalue weighted by Crippen LogP contribution is -2.33. The van der Waals surface area contributed by atoms with Crippen molar-refractivity contribution in [2.45, 2.75) is 20.3 Å². The van der Waals surface area contributed by atoms with E-state index < -0.39 is 15.3 Å². The van der Waals surface area contributed by atoms with Gasteiger partial charge >= 0.3 is 0 Å². The lowest BCUT2D eigenvalue weighted by atomic mass is 9.89. The minimum absolute atomic E-state index is 0.0667. The standard InChI is InChI=1S/C8H19NO3S/c1-3-13(11,12)5-4-8(2,6-9)7-10/h10H,3-7,9H2,1-2H3. The van der Waals surface area contributed by atoms with Gasteiger partial charge in [0.05, 0.1) is 5.75 Å². The Morgan fingerprint density at radius 1 is 1.46 bits per heavy atom. The second kappa shape index (κ2) is 4.93. The van der Waals surface area contributed by atoms with Crippen LogP contribution in [0, 0.1) is 5.41 Å². The zero-order chi connectivity index (χ0) is 10.5. The van der Waals surface area contributed by atoms with E-state index in [1.54, 1.807) is 13.8 Å². The third-order valence-corrected chi connectivity index (χ3v) is 4.04. The maximum Gasteiger partial charge on any atom is 0.150 e. The Labute approximate surface area is 80.1 Å². The Kier molecular flexibility index (Phi) is 4.88. The van der Waals surface area contributed by atoms with Crippen molar-refractivity contribution in [2.24, 2.45) is 11.1 Å². The first-order valence-corrected chi connectivity index (χ1v) is 6.22. The molecule has 0 aromatic carbocycles. The number of hydrogen-bond donors (Lipinski definition) is 2. The van der Waals surface area contributed by atoms with Crippen LogP contribution in [-0.2, 0) is 9.84 Å². The van der Waals surface area contributed by atoms with Crippen LogP contribution in [0.1, 0.15) is 20.3 Å². The summed E-state index contributed by atoms with van der Waals surface area (Å²) in [6, 6.07) is 0. The van der Waals surface area contributed by atoms with Gasteiger partial charge in [-0.15, -0.1) is 0 Å². The van der Waals surface area contributed by atoms with Crippen molar-refractivity contribution in [1.82, 2.24) is 0 Å². The normalized spacial score (nSPS) is 16.9. The molecule has 0 spiro atoms. The molecule has 0 saturated carbocycles. The molecule has 3 N–H and O–H groups in total. The highest BCUT2D eigenvalue weighted by Crippen LogP contribution is 2.19. The van der Waals surface area contributed by atoms with Crippen molar-refractivity contribution in [3.05, 3.63) is 0 Å².